The van der Waals surface area contributed by atoms with E-state index in [4.69, 9.17) is 0 Å². The lowest BCUT2D eigenvalue weighted by atomic mass is 9.59. The number of benzene rings is 6. The van der Waals surface area contributed by atoms with E-state index in [-0.39, 0.29) is 0 Å². The number of aromatic nitrogens is 1. The summed E-state index contributed by atoms with van der Waals surface area (Å²) in [5, 5.41) is 34.2. The highest BCUT2D eigenvalue weighted by Crippen LogP contribution is 2.58. The zero-order valence-electron chi connectivity index (χ0n) is 29.4. The van der Waals surface area contributed by atoms with Crippen LogP contribution in [-0.2, 0) is 0 Å². The minimum Gasteiger partial charge on any atom is -0.309 e. The molecule has 0 saturated carbocycles. The fraction of sp³-hybridized carbons (Fsp3) is 0.0816. The standard InChI is InChI=1S/C49H32N4/c1-4-5-18-38-43(28-52)46-39-19-12-17-33(26-50)44(39)47(38)45-36(27-51)22-37(25-42(45)46)53-48-29(2)20-34(31-13-8-6-9-14-31)23-40(48)41-24-35(21-30(3)49(41)53)32-15-10-7-11-16-32/h4-25,46-47H,1H2,2-3H3/b18-5-. The molecule has 0 N–H and O–H groups in total. The number of rotatable bonds is 5. The number of allylic oxidation sites excluding steroid dienone is 5. The second-order valence-corrected chi connectivity index (χ2v) is 13.9. The fourth-order valence-electron chi connectivity index (χ4n) is 8.97. The molecule has 0 aliphatic heterocycles. The van der Waals surface area contributed by atoms with Gasteiger partial charge in [0.1, 0.15) is 0 Å². The maximum absolute atomic E-state index is 10.9. The number of nitrogens with zero attached hydrogens (tertiary/aromatic N) is 4. The number of fused-ring (bicyclic) bond motifs is 3. The first kappa shape index (κ1) is 31.8. The van der Waals surface area contributed by atoms with Gasteiger partial charge in [-0.25, -0.2) is 0 Å². The third-order valence-corrected chi connectivity index (χ3v) is 11.0. The molecular weight excluding hydrogens is 645 g/mol. The second kappa shape index (κ2) is 12.2. The van der Waals surface area contributed by atoms with Gasteiger partial charge in [0.2, 0.25) is 0 Å². The molecule has 6 aromatic carbocycles. The Hall–Kier alpha value is -7.19. The van der Waals surface area contributed by atoms with Gasteiger partial charge in [0.25, 0.3) is 0 Å². The summed E-state index contributed by atoms with van der Waals surface area (Å²) in [6.45, 7) is 8.19. The minimum absolute atomic E-state index is 0.426. The van der Waals surface area contributed by atoms with E-state index in [1.807, 2.05) is 48.6 Å². The van der Waals surface area contributed by atoms with Crippen LogP contribution >= 0.6 is 0 Å². The van der Waals surface area contributed by atoms with Crippen LogP contribution in [0.5, 0.6) is 0 Å². The van der Waals surface area contributed by atoms with Gasteiger partial charge in [-0.15, -0.1) is 0 Å². The van der Waals surface area contributed by atoms with Crippen molar-refractivity contribution in [1.29, 1.82) is 15.8 Å². The van der Waals surface area contributed by atoms with Crippen LogP contribution < -0.4 is 0 Å². The number of hydrogen-bond acceptors (Lipinski definition) is 3. The summed E-state index contributed by atoms with van der Waals surface area (Å²) < 4.78 is 2.32. The molecule has 2 unspecified atom stereocenters. The lowest BCUT2D eigenvalue weighted by Gasteiger charge is -2.42. The molecule has 1 heterocycles. The first-order valence-electron chi connectivity index (χ1n) is 17.7. The molecule has 7 aromatic rings. The van der Waals surface area contributed by atoms with Crippen molar-refractivity contribution in [3.8, 4) is 46.1 Å². The molecule has 3 aliphatic carbocycles. The van der Waals surface area contributed by atoms with E-state index in [0.29, 0.717) is 16.7 Å². The first-order valence-corrected chi connectivity index (χ1v) is 17.7. The third kappa shape index (κ3) is 4.66. The van der Waals surface area contributed by atoms with Crippen LogP contribution in [0.3, 0.4) is 0 Å². The van der Waals surface area contributed by atoms with E-state index in [1.54, 1.807) is 6.08 Å². The van der Waals surface area contributed by atoms with E-state index in [2.05, 4.69) is 122 Å². The Balaban J connectivity index is 1.38. The molecule has 0 fully saturated rings. The van der Waals surface area contributed by atoms with E-state index in [1.165, 1.54) is 0 Å². The summed E-state index contributed by atoms with van der Waals surface area (Å²) in [5.74, 6) is -0.858. The molecule has 4 heteroatoms. The van der Waals surface area contributed by atoms with E-state index >= 15 is 0 Å². The van der Waals surface area contributed by atoms with Crippen molar-refractivity contribution >= 4 is 21.8 Å². The Bertz CT molecular complexity index is 2800. The summed E-state index contributed by atoms with van der Waals surface area (Å²) >= 11 is 0. The Morgan fingerprint density at radius 1 is 0.585 bits per heavy atom. The van der Waals surface area contributed by atoms with Crippen molar-refractivity contribution in [3.05, 3.63) is 196 Å². The maximum atomic E-state index is 10.9. The predicted octanol–water partition coefficient (Wildman–Crippen LogP) is 11.6. The van der Waals surface area contributed by atoms with Gasteiger partial charge < -0.3 is 4.57 Å². The number of aryl methyl sites for hydroxylation is 2. The van der Waals surface area contributed by atoms with E-state index in [9.17, 15) is 15.8 Å². The van der Waals surface area contributed by atoms with Crippen LogP contribution in [0.2, 0.25) is 0 Å². The molecule has 2 bridgehead atoms. The van der Waals surface area contributed by atoms with Gasteiger partial charge in [-0.3, -0.25) is 0 Å². The molecule has 248 valence electrons. The van der Waals surface area contributed by atoms with Gasteiger partial charge in [-0.1, -0.05) is 97.6 Å². The average Bonchev–Trinajstić information content (AvgIpc) is 3.55. The van der Waals surface area contributed by atoms with Gasteiger partial charge in [0.05, 0.1) is 40.4 Å². The quantitative estimate of drug-likeness (QED) is 0.170. The van der Waals surface area contributed by atoms with Crippen LogP contribution in [0.15, 0.2) is 151 Å². The molecule has 0 saturated heterocycles. The molecule has 10 rings (SSSR count). The van der Waals surface area contributed by atoms with Crippen LogP contribution in [0, 0.1) is 47.8 Å². The number of nitriles is 3. The Morgan fingerprint density at radius 2 is 1.17 bits per heavy atom. The van der Waals surface area contributed by atoms with E-state index < -0.39 is 11.8 Å². The van der Waals surface area contributed by atoms with Crippen LogP contribution in [0.1, 0.15) is 56.3 Å². The van der Waals surface area contributed by atoms with Gasteiger partial charge in [-0.05, 0) is 118 Å². The van der Waals surface area contributed by atoms with Crippen LogP contribution in [0.4, 0.5) is 0 Å². The summed E-state index contributed by atoms with van der Waals surface area (Å²) in [6.07, 6.45) is 5.45. The Kier molecular flexibility index (Phi) is 7.34. The molecule has 53 heavy (non-hydrogen) atoms. The SMILES string of the molecule is C=C/C=C\C1=C(C#N)C2c3cccc(C#N)c3C1c1c(C#N)cc(-n3c4c(C)cc(-c5ccccc5)cc4c4cc(-c5ccccc5)cc(C)c43)cc12. The molecule has 1 aromatic heterocycles. The topological polar surface area (TPSA) is 76.3 Å². The predicted molar refractivity (Wildman–Crippen MR) is 213 cm³/mol. The van der Waals surface area contributed by atoms with Gasteiger partial charge in [0.15, 0.2) is 0 Å². The van der Waals surface area contributed by atoms with Crippen molar-refractivity contribution in [2.75, 3.05) is 0 Å². The van der Waals surface area contributed by atoms with Crippen molar-refractivity contribution < 1.29 is 0 Å². The highest BCUT2D eigenvalue weighted by atomic mass is 15.0. The number of hydrogen-bond donors (Lipinski definition) is 0. The van der Waals surface area contributed by atoms with Crippen LogP contribution in [-0.4, -0.2) is 4.57 Å². The highest BCUT2D eigenvalue weighted by Gasteiger charge is 2.45. The monoisotopic (exact) mass is 676 g/mol. The lowest BCUT2D eigenvalue weighted by Crippen LogP contribution is -2.29. The Morgan fingerprint density at radius 3 is 1.72 bits per heavy atom. The lowest BCUT2D eigenvalue weighted by molar-refractivity contribution is 0.754. The molecule has 4 nitrogen and oxygen atoms in total. The summed E-state index contributed by atoms with van der Waals surface area (Å²) in [7, 11) is 0. The average molecular weight is 677 g/mol. The molecule has 3 aliphatic rings. The summed E-state index contributed by atoms with van der Waals surface area (Å²) in [5.41, 5.74) is 16.1. The highest BCUT2D eigenvalue weighted by molar-refractivity contribution is 6.13. The van der Waals surface area contributed by atoms with E-state index in [0.717, 1.165) is 88.7 Å². The maximum Gasteiger partial charge on any atom is 0.0995 e. The van der Waals surface area contributed by atoms with Gasteiger partial charge in [0, 0.05) is 33.9 Å². The van der Waals surface area contributed by atoms with Crippen LogP contribution in [0.25, 0.3) is 49.7 Å². The molecule has 0 spiro atoms. The Labute approximate surface area is 308 Å². The normalized spacial score (nSPS) is 15.6. The van der Waals surface area contributed by atoms with Gasteiger partial charge >= 0.3 is 0 Å². The smallest absolute Gasteiger partial charge is 0.0995 e. The minimum atomic E-state index is -0.432. The zero-order valence-corrected chi connectivity index (χ0v) is 29.4. The molecule has 0 radical (unpaired) electrons. The van der Waals surface area contributed by atoms with Crippen molar-refractivity contribution in [1.82, 2.24) is 4.57 Å². The van der Waals surface area contributed by atoms with Gasteiger partial charge in [-0.2, -0.15) is 15.8 Å². The fourth-order valence-corrected chi connectivity index (χ4v) is 8.97. The zero-order chi connectivity index (χ0) is 36.4. The molecule has 2 atom stereocenters. The third-order valence-electron chi connectivity index (χ3n) is 11.0. The first-order chi connectivity index (χ1) is 26.0. The second-order valence-electron chi connectivity index (χ2n) is 13.9. The van der Waals surface area contributed by atoms with Crippen molar-refractivity contribution in [3.63, 3.8) is 0 Å². The van der Waals surface area contributed by atoms with Crippen molar-refractivity contribution in [2.45, 2.75) is 25.7 Å². The molecule has 0 amide bonds. The van der Waals surface area contributed by atoms with Crippen molar-refractivity contribution in [2.24, 2.45) is 0 Å². The summed E-state index contributed by atoms with van der Waals surface area (Å²) in [6, 6.07) is 47.5. The molecular formula is C49H32N4. The summed E-state index contributed by atoms with van der Waals surface area (Å²) in [4.78, 5) is 0. The largest absolute Gasteiger partial charge is 0.309 e.